The molecule has 1 N–H and O–H groups in total. The molecule has 1 saturated heterocycles. The number of fused-ring (bicyclic) bond motifs is 1. The summed E-state index contributed by atoms with van der Waals surface area (Å²) in [5.74, 6) is 0.0977. The van der Waals surface area contributed by atoms with Gasteiger partial charge in [-0.3, -0.25) is 4.79 Å². The van der Waals surface area contributed by atoms with E-state index in [-0.39, 0.29) is 30.7 Å². The number of aryl methyl sites for hydroxylation is 1. The molecule has 0 saturated carbocycles. The first-order chi connectivity index (χ1) is 13.2. The number of hydrogen-bond donors (Lipinski definition) is 1. The van der Waals surface area contributed by atoms with E-state index in [4.69, 9.17) is 4.98 Å². The molecule has 4 nitrogen and oxygen atoms in total. The van der Waals surface area contributed by atoms with Crippen LogP contribution in [0.2, 0.25) is 0 Å². The molecule has 7 heteroatoms. The van der Waals surface area contributed by atoms with Crippen LogP contribution in [-0.2, 0) is 0 Å². The average molecular weight is 450 g/mol. The van der Waals surface area contributed by atoms with Crippen molar-refractivity contribution in [3.05, 3.63) is 59.7 Å². The number of pyridine rings is 1. The van der Waals surface area contributed by atoms with Gasteiger partial charge >= 0.3 is 0 Å². The Balaban J connectivity index is 0.00000150. The Morgan fingerprint density at radius 2 is 1.83 bits per heavy atom. The van der Waals surface area contributed by atoms with Crippen LogP contribution in [0, 0.1) is 6.92 Å². The second kappa shape index (κ2) is 10.3. The summed E-state index contributed by atoms with van der Waals surface area (Å²) in [5.41, 5.74) is 4.81. The zero-order valence-electron chi connectivity index (χ0n) is 16.5. The first-order valence-corrected chi connectivity index (χ1v) is 10.4. The molecule has 2 heterocycles. The number of nitrogens with one attached hydrogen (secondary N) is 1. The van der Waals surface area contributed by atoms with E-state index in [2.05, 4.69) is 42.8 Å². The molecule has 0 bridgehead atoms. The summed E-state index contributed by atoms with van der Waals surface area (Å²) in [7, 11) is 0. The van der Waals surface area contributed by atoms with Crippen molar-refractivity contribution in [2.24, 2.45) is 0 Å². The molecule has 29 heavy (non-hydrogen) atoms. The average Bonchev–Trinajstić information content (AvgIpc) is 2.73. The van der Waals surface area contributed by atoms with Gasteiger partial charge in [0, 0.05) is 47.6 Å². The molecule has 4 rings (SSSR count). The minimum Gasteiger partial charge on any atom is -0.336 e. The fraction of sp³-hybridized carbons (Fsp3) is 0.273. The molecule has 1 aliphatic heterocycles. The minimum atomic E-state index is 0. The summed E-state index contributed by atoms with van der Waals surface area (Å²) in [6, 6.07) is 16.3. The van der Waals surface area contributed by atoms with Crippen molar-refractivity contribution in [2.75, 3.05) is 32.4 Å². The molecule has 0 atom stereocenters. The Hall–Kier alpha value is -1.79. The molecule has 0 radical (unpaired) electrons. The van der Waals surface area contributed by atoms with Gasteiger partial charge in [-0.2, -0.15) is 0 Å². The lowest BCUT2D eigenvalue weighted by molar-refractivity contribution is 0.0736. The third kappa shape index (κ3) is 5.04. The van der Waals surface area contributed by atoms with E-state index in [9.17, 15) is 4.79 Å². The molecule has 154 valence electrons. The fourth-order valence-corrected chi connectivity index (χ4v) is 3.95. The number of thioether (sulfide) groups is 1. The van der Waals surface area contributed by atoms with E-state index < -0.39 is 0 Å². The van der Waals surface area contributed by atoms with Gasteiger partial charge < -0.3 is 10.2 Å². The van der Waals surface area contributed by atoms with Crippen molar-refractivity contribution in [1.82, 2.24) is 15.2 Å². The first kappa shape index (κ1) is 23.5. The van der Waals surface area contributed by atoms with Crippen LogP contribution in [0.4, 0.5) is 0 Å². The highest BCUT2D eigenvalue weighted by Crippen LogP contribution is 2.28. The highest BCUT2D eigenvalue weighted by Gasteiger charge is 2.18. The molecule has 1 fully saturated rings. The number of halogens is 2. The predicted molar refractivity (Wildman–Crippen MR) is 127 cm³/mol. The Bertz CT molecular complexity index is 1010. The molecule has 0 unspecified atom stereocenters. The van der Waals surface area contributed by atoms with Gasteiger partial charge in [-0.25, -0.2) is 4.98 Å². The van der Waals surface area contributed by atoms with Crippen molar-refractivity contribution in [3.8, 4) is 11.3 Å². The number of carbonyl (C=O) groups excluding carboxylic acids is 1. The van der Waals surface area contributed by atoms with E-state index in [1.54, 1.807) is 11.8 Å². The molecular formula is C22H25Cl2N3OS. The van der Waals surface area contributed by atoms with Gasteiger partial charge in [-0.1, -0.05) is 12.1 Å². The van der Waals surface area contributed by atoms with E-state index in [1.165, 1.54) is 15.8 Å². The van der Waals surface area contributed by atoms with Gasteiger partial charge in [-0.15, -0.1) is 36.6 Å². The summed E-state index contributed by atoms with van der Waals surface area (Å²) >= 11 is 1.74. The van der Waals surface area contributed by atoms with Crippen LogP contribution < -0.4 is 5.32 Å². The largest absolute Gasteiger partial charge is 0.336 e. The lowest BCUT2D eigenvalue weighted by atomic mass is 10.0. The van der Waals surface area contributed by atoms with Crippen molar-refractivity contribution in [2.45, 2.75) is 11.8 Å². The molecule has 0 aliphatic carbocycles. The van der Waals surface area contributed by atoms with Gasteiger partial charge in [0.25, 0.3) is 5.91 Å². The lowest BCUT2D eigenvalue weighted by Crippen LogP contribution is -2.46. The van der Waals surface area contributed by atoms with Gasteiger partial charge in [0.05, 0.1) is 11.2 Å². The topological polar surface area (TPSA) is 45.2 Å². The molecule has 2 aromatic carbocycles. The quantitative estimate of drug-likeness (QED) is 0.582. The van der Waals surface area contributed by atoms with E-state index in [0.29, 0.717) is 0 Å². The normalized spacial score (nSPS) is 13.5. The monoisotopic (exact) mass is 449 g/mol. The van der Waals surface area contributed by atoms with Crippen LogP contribution in [0.15, 0.2) is 53.4 Å². The Morgan fingerprint density at radius 3 is 2.55 bits per heavy atom. The number of aromatic nitrogens is 1. The van der Waals surface area contributed by atoms with Gasteiger partial charge in [-0.05, 0) is 55.1 Å². The number of amides is 1. The highest BCUT2D eigenvalue weighted by atomic mass is 35.5. The number of piperazine rings is 1. The number of rotatable bonds is 3. The van der Waals surface area contributed by atoms with Crippen molar-refractivity contribution < 1.29 is 4.79 Å². The number of hydrogen-bond acceptors (Lipinski definition) is 4. The Morgan fingerprint density at radius 1 is 1.07 bits per heavy atom. The first-order valence-electron chi connectivity index (χ1n) is 9.21. The van der Waals surface area contributed by atoms with Crippen LogP contribution in [0.3, 0.4) is 0 Å². The van der Waals surface area contributed by atoms with Crippen LogP contribution in [0.25, 0.3) is 22.2 Å². The summed E-state index contributed by atoms with van der Waals surface area (Å²) < 4.78 is 0. The van der Waals surface area contributed by atoms with Crippen LogP contribution in [0.1, 0.15) is 15.9 Å². The molecule has 3 aromatic rings. The molecule has 1 aliphatic rings. The van der Waals surface area contributed by atoms with Crippen LogP contribution in [-0.4, -0.2) is 48.2 Å². The summed E-state index contributed by atoms with van der Waals surface area (Å²) in [4.78, 5) is 20.8. The molecular weight excluding hydrogens is 425 g/mol. The lowest BCUT2D eigenvalue weighted by Gasteiger charge is -2.27. The Labute approximate surface area is 188 Å². The van der Waals surface area contributed by atoms with Crippen molar-refractivity contribution in [3.63, 3.8) is 0 Å². The van der Waals surface area contributed by atoms with Gasteiger partial charge in [0.1, 0.15) is 0 Å². The second-order valence-corrected chi connectivity index (χ2v) is 7.71. The van der Waals surface area contributed by atoms with E-state index in [0.717, 1.165) is 48.5 Å². The summed E-state index contributed by atoms with van der Waals surface area (Å²) in [5, 5.41) is 4.46. The standard InChI is InChI=1S/C22H23N3OS.2ClH/c1-15-12-21(24-20-7-6-18(27-2)14-19(15)20)16-4-3-5-17(13-16)22(26)25-10-8-23-9-11-25;;/h3-7,12-14,23H,8-11H2,1-2H3;2*1H. The SMILES string of the molecule is CSc1ccc2nc(-c3cccc(C(=O)N4CCNCC4)c3)cc(C)c2c1.Cl.Cl. The fourth-order valence-electron chi connectivity index (χ4n) is 3.51. The second-order valence-electron chi connectivity index (χ2n) is 6.83. The van der Waals surface area contributed by atoms with Crippen LogP contribution >= 0.6 is 36.6 Å². The molecule has 1 amide bonds. The van der Waals surface area contributed by atoms with Crippen LogP contribution in [0.5, 0.6) is 0 Å². The smallest absolute Gasteiger partial charge is 0.253 e. The van der Waals surface area contributed by atoms with Gasteiger partial charge in [0.2, 0.25) is 0 Å². The predicted octanol–water partition coefficient (Wildman–Crippen LogP) is 4.82. The number of benzene rings is 2. The highest BCUT2D eigenvalue weighted by molar-refractivity contribution is 7.98. The van der Waals surface area contributed by atoms with E-state index >= 15 is 0 Å². The third-order valence-corrected chi connectivity index (χ3v) is 5.76. The third-order valence-electron chi connectivity index (χ3n) is 5.03. The summed E-state index contributed by atoms with van der Waals surface area (Å²) in [6.07, 6.45) is 2.08. The zero-order chi connectivity index (χ0) is 18.8. The van der Waals surface area contributed by atoms with Crippen molar-refractivity contribution >= 4 is 53.4 Å². The molecule has 1 aromatic heterocycles. The molecule has 0 spiro atoms. The Kier molecular flexibility index (Phi) is 8.34. The van der Waals surface area contributed by atoms with E-state index in [1.807, 2.05) is 29.2 Å². The van der Waals surface area contributed by atoms with Crippen molar-refractivity contribution in [1.29, 1.82) is 0 Å². The minimum absolute atomic E-state index is 0. The maximum absolute atomic E-state index is 12.8. The summed E-state index contributed by atoms with van der Waals surface area (Å²) in [6.45, 7) is 5.35. The zero-order valence-corrected chi connectivity index (χ0v) is 18.9. The number of carbonyl (C=O) groups is 1. The maximum atomic E-state index is 12.8. The number of nitrogens with zero attached hydrogens (tertiary/aromatic N) is 2. The van der Waals surface area contributed by atoms with Gasteiger partial charge in [0.15, 0.2) is 0 Å². The maximum Gasteiger partial charge on any atom is 0.253 e.